The Morgan fingerprint density at radius 2 is 0.803 bits per heavy atom. The fourth-order valence-corrected chi connectivity index (χ4v) is 12.6. The third-order valence-electron chi connectivity index (χ3n) is 15.2. The summed E-state index contributed by atoms with van der Waals surface area (Å²) in [7, 11) is 0. The number of nitrogens with zero attached hydrogens (tertiary/aromatic N) is 2. The first-order valence-electron chi connectivity index (χ1n) is 23.2. The molecule has 14 rings (SSSR count). The lowest BCUT2D eigenvalue weighted by Crippen LogP contribution is -2.29. The van der Waals surface area contributed by atoms with E-state index < -0.39 is 5.41 Å². The minimum atomic E-state index is -0.521. The molecule has 0 aliphatic heterocycles. The van der Waals surface area contributed by atoms with Crippen molar-refractivity contribution in [2.45, 2.75) is 24.7 Å². The second-order valence-corrected chi connectivity index (χ2v) is 18.7. The molecule has 0 radical (unpaired) electrons. The van der Waals surface area contributed by atoms with E-state index in [4.69, 9.17) is 0 Å². The minimum Gasteiger partial charge on any atom is -0.310 e. The first kappa shape index (κ1) is 37.2. The maximum absolute atomic E-state index is 2.61. The molecule has 0 N–H and O–H groups in total. The lowest BCUT2D eigenvalue weighted by Gasteiger charge is -2.37. The molecule has 3 aliphatic rings. The van der Waals surface area contributed by atoms with Crippen LogP contribution in [0.1, 0.15) is 47.2 Å². The van der Waals surface area contributed by atoms with Gasteiger partial charge in [0.05, 0.1) is 27.8 Å². The van der Waals surface area contributed by atoms with Gasteiger partial charge in [0.25, 0.3) is 0 Å². The molecule has 1 aromatic heterocycles. The Balaban J connectivity index is 1.04. The summed E-state index contributed by atoms with van der Waals surface area (Å²) in [5, 5.41) is 2.52. The van der Waals surface area contributed by atoms with Crippen LogP contribution in [0.3, 0.4) is 0 Å². The average Bonchev–Trinajstić information content (AvgIpc) is 4.05. The molecular weight excluding hydrogens is 797 g/mol. The van der Waals surface area contributed by atoms with Crippen LogP contribution in [0.25, 0.3) is 72.0 Å². The van der Waals surface area contributed by atoms with Gasteiger partial charge in [-0.05, 0) is 121 Å². The third-order valence-corrected chi connectivity index (χ3v) is 15.2. The van der Waals surface area contributed by atoms with Crippen LogP contribution in [0.15, 0.2) is 231 Å². The zero-order valence-corrected chi connectivity index (χ0v) is 36.8. The zero-order chi connectivity index (χ0) is 43.7. The van der Waals surface area contributed by atoms with Gasteiger partial charge in [0.2, 0.25) is 0 Å². The summed E-state index contributed by atoms with van der Waals surface area (Å²) >= 11 is 0. The van der Waals surface area contributed by atoms with Crippen molar-refractivity contribution < 1.29 is 0 Å². The lowest BCUT2D eigenvalue weighted by molar-refractivity contribution is 0.660. The molecule has 1 heterocycles. The van der Waals surface area contributed by atoms with Gasteiger partial charge in [-0.3, -0.25) is 0 Å². The molecule has 0 amide bonds. The smallest absolute Gasteiger partial charge is 0.0746 e. The van der Waals surface area contributed by atoms with Crippen molar-refractivity contribution >= 4 is 38.9 Å². The molecule has 0 fully saturated rings. The van der Waals surface area contributed by atoms with Gasteiger partial charge < -0.3 is 9.47 Å². The highest BCUT2D eigenvalue weighted by Crippen LogP contribution is 2.66. The summed E-state index contributed by atoms with van der Waals surface area (Å²) in [5.41, 5.74) is 24.6. The van der Waals surface area contributed by atoms with Gasteiger partial charge in [-0.2, -0.15) is 0 Å². The number of aromatic nitrogens is 1. The molecule has 0 saturated heterocycles. The van der Waals surface area contributed by atoms with Crippen LogP contribution in [-0.4, -0.2) is 4.57 Å². The van der Waals surface area contributed by atoms with Crippen LogP contribution in [0.4, 0.5) is 17.1 Å². The van der Waals surface area contributed by atoms with Crippen LogP contribution < -0.4 is 4.90 Å². The summed E-state index contributed by atoms with van der Waals surface area (Å²) in [6.45, 7) is 4.82. The van der Waals surface area contributed by atoms with E-state index in [1.165, 1.54) is 111 Å². The van der Waals surface area contributed by atoms with E-state index in [-0.39, 0.29) is 5.41 Å². The van der Waals surface area contributed by atoms with Crippen molar-refractivity contribution in [3.05, 3.63) is 264 Å². The quantitative estimate of drug-likeness (QED) is 0.168. The molecular formula is C64H44N2. The molecule has 0 atom stereocenters. The molecule has 10 aromatic carbocycles. The maximum Gasteiger partial charge on any atom is 0.0746 e. The predicted octanol–water partition coefficient (Wildman–Crippen LogP) is 16.6. The van der Waals surface area contributed by atoms with Gasteiger partial charge in [0.15, 0.2) is 0 Å². The number of benzene rings is 10. The van der Waals surface area contributed by atoms with Gasteiger partial charge in [0, 0.05) is 33.1 Å². The third kappa shape index (κ3) is 4.80. The van der Waals surface area contributed by atoms with Crippen LogP contribution in [-0.2, 0) is 10.8 Å². The predicted molar refractivity (Wildman–Crippen MR) is 275 cm³/mol. The van der Waals surface area contributed by atoms with Crippen molar-refractivity contribution in [3.8, 4) is 50.2 Å². The fraction of sp³-hybridized carbons (Fsp3) is 0.0625. The Morgan fingerprint density at radius 3 is 1.45 bits per heavy atom. The highest BCUT2D eigenvalue weighted by molar-refractivity contribution is 6.16. The van der Waals surface area contributed by atoms with Crippen LogP contribution in [0.5, 0.6) is 0 Å². The molecule has 11 aromatic rings. The molecule has 2 nitrogen and oxygen atoms in total. The summed E-state index contributed by atoms with van der Waals surface area (Å²) in [6.07, 6.45) is 0. The molecule has 2 heteroatoms. The van der Waals surface area contributed by atoms with E-state index in [2.05, 4.69) is 254 Å². The second-order valence-electron chi connectivity index (χ2n) is 18.7. The Labute approximate surface area is 385 Å². The number of fused-ring (bicyclic) bond motifs is 16. The largest absolute Gasteiger partial charge is 0.310 e. The van der Waals surface area contributed by atoms with Gasteiger partial charge in [-0.1, -0.05) is 196 Å². The Bertz CT molecular complexity index is 3730. The van der Waals surface area contributed by atoms with E-state index in [0.717, 1.165) is 11.4 Å². The molecule has 0 saturated carbocycles. The number of hydrogen-bond acceptors (Lipinski definition) is 1. The van der Waals surface area contributed by atoms with E-state index in [1.807, 2.05) is 0 Å². The average molecular weight is 841 g/mol. The van der Waals surface area contributed by atoms with Crippen LogP contribution in [0.2, 0.25) is 0 Å². The molecule has 310 valence electrons. The number of para-hydroxylation sites is 2. The fourth-order valence-electron chi connectivity index (χ4n) is 12.6. The molecule has 66 heavy (non-hydrogen) atoms. The Hall–Kier alpha value is -8.20. The highest BCUT2D eigenvalue weighted by atomic mass is 15.2. The van der Waals surface area contributed by atoms with Gasteiger partial charge >= 0.3 is 0 Å². The van der Waals surface area contributed by atoms with Crippen molar-refractivity contribution in [2.75, 3.05) is 4.90 Å². The molecule has 0 unspecified atom stereocenters. The normalized spacial score (nSPS) is 14.2. The van der Waals surface area contributed by atoms with Gasteiger partial charge in [-0.15, -0.1) is 0 Å². The van der Waals surface area contributed by atoms with E-state index in [0.29, 0.717) is 0 Å². The minimum absolute atomic E-state index is 0.242. The van der Waals surface area contributed by atoms with E-state index in [1.54, 1.807) is 0 Å². The number of rotatable bonds is 5. The van der Waals surface area contributed by atoms with Gasteiger partial charge in [0.1, 0.15) is 0 Å². The number of hydrogen-bond donors (Lipinski definition) is 0. The summed E-state index contributed by atoms with van der Waals surface area (Å²) in [4.78, 5) is 2.61. The van der Waals surface area contributed by atoms with Crippen LogP contribution >= 0.6 is 0 Å². The molecule has 3 aliphatic carbocycles. The van der Waals surface area contributed by atoms with E-state index in [9.17, 15) is 0 Å². The maximum atomic E-state index is 2.61. The van der Waals surface area contributed by atoms with Crippen molar-refractivity contribution in [1.29, 1.82) is 0 Å². The molecule has 0 bridgehead atoms. The highest BCUT2D eigenvalue weighted by Gasteiger charge is 2.53. The summed E-state index contributed by atoms with van der Waals surface area (Å²) < 4.78 is 2.41. The van der Waals surface area contributed by atoms with E-state index >= 15 is 0 Å². The number of anilines is 3. The first-order chi connectivity index (χ1) is 32.5. The van der Waals surface area contributed by atoms with Gasteiger partial charge in [-0.25, -0.2) is 0 Å². The molecule has 1 spiro atoms. The topological polar surface area (TPSA) is 8.17 Å². The lowest BCUT2D eigenvalue weighted by atomic mass is 9.70. The Morgan fingerprint density at radius 1 is 0.348 bits per heavy atom. The van der Waals surface area contributed by atoms with Crippen molar-refractivity contribution in [1.82, 2.24) is 4.57 Å². The summed E-state index contributed by atoms with van der Waals surface area (Å²) in [6, 6.07) is 86.2. The first-order valence-corrected chi connectivity index (χ1v) is 23.2. The van der Waals surface area contributed by atoms with Crippen LogP contribution in [0, 0.1) is 0 Å². The SMILES string of the molecule is CC1(C)c2ccccc2-c2cccc(N(c3ccc(-c4cccc5c4c4ccccc4n5-c4ccccc4)cc3)c3cccc4c3C3(c5ccccc5-c5ccccc53)c3ccccc3-4)c21. The Kier molecular flexibility index (Phi) is 7.70. The second kappa shape index (κ2) is 13.7. The van der Waals surface area contributed by atoms with Crippen molar-refractivity contribution in [3.63, 3.8) is 0 Å². The van der Waals surface area contributed by atoms with Crippen molar-refractivity contribution in [2.24, 2.45) is 0 Å². The summed E-state index contributed by atoms with van der Waals surface area (Å²) in [5.74, 6) is 0. The zero-order valence-electron chi connectivity index (χ0n) is 36.8. The monoisotopic (exact) mass is 840 g/mol. The standard InChI is InChI=1S/C64H44N2/c1-63(2)52-29-11-6-23-47(52)49-27-17-35-58(61(49)63)66(43-39-37-41(38-40-43)44-26-16-34-57-60(44)51-25-10-15-33-56(51)65(57)42-19-4-3-5-20-42)59-36-18-28-50-48-24-9-14-32-55(48)64(62(50)59)53-30-12-7-21-45(53)46-22-8-13-31-54(46)64/h3-40H,1-2H3.